The fraction of sp³-hybridized carbons (Fsp3) is 0.588. The Kier molecular flexibility index (Phi) is 4.76. The quantitative estimate of drug-likeness (QED) is 0.815. The van der Waals surface area contributed by atoms with Crippen molar-refractivity contribution in [3.05, 3.63) is 35.4 Å². The van der Waals surface area contributed by atoms with Crippen LogP contribution in [0.2, 0.25) is 0 Å². The van der Waals surface area contributed by atoms with Crippen molar-refractivity contribution in [2.45, 2.75) is 57.9 Å². The second-order valence-corrected chi connectivity index (χ2v) is 6.08. The van der Waals surface area contributed by atoms with Crippen molar-refractivity contribution in [2.75, 3.05) is 0 Å². The smallest absolute Gasteiger partial charge is 0.136 e. The zero-order valence-corrected chi connectivity index (χ0v) is 12.1. The van der Waals surface area contributed by atoms with E-state index < -0.39 is 0 Å². The topological polar surface area (TPSA) is 43.1 Å². The van der Waals surface area contributed by atoms with Crippen molar-refractivity contribution in [1.82, 2.24) is 0 Å². The number of benzene rings is 1. The molecule has 0 radical (unpaired) electrons. The van der Waals surface area contributed by atoms with E-state index in [1.807, 2.05) is 6.92 Å². The van der Waals surface area contributed by atoms with Gasteiger partial charge in [-0.15, -0.1) is 0 Å². The molecule has 0 spiro atoms. The highest BCUT2D eigenvalue weighted by Crippen LogP contribution is 2.38. The molecule has 0 aliphatic heterocycles. The number of hydrogen-bond donors (Lipinski definition) is 1. The van der Waals surface area contributed by atoms with Gasteiger partial charge in [0, 0.05) is 18.4 Å². The molecule has 0 amide bonds. The third-order valence-electron chi connectivity index (χ3n) is 4.26. The monoisotopic (exact) mass is 259 g/mol. The molecule has 0 heterocycles. The van der Waals surface area contributed by atoms with E-state index in [0.29, 0.717) is 11.7 Å². The van der Waals surface area contributed by atoms with E-state index in [9.17, 15) is 4.79 Å². The third-order valence-corrected chi connectivity index (χ3v) is 4.26. The number of nitrogens with two attached hydrogens (primary N) is 1. The van der Waals surface area contributed by atoms with Crippen molar-refractivity contribution in [3.8, 4) is 0 Å². The van der Waals surface area contributed by atoms with E-state index in [-0.39, 0.29) is 12.0 Å². The van der Waals surface area contributed by atoms with Gasteiger partial charge in [0.1, 0.15) is 5.78 Å². The molecule has 104 valence electrons. The molecule has 19 heavy (non-hydrogen) atoms. The molecule has 0 saturated carbocycles. The Labute approximate surface area is 116 Å². The summed E-state index contributed by atoms with van der Waals surface area (Å²) in [6.07, 6.45) is 4.86. The van der Waals surface area contributed by atoms with E-state index in [2.05, 4.69) is 31.2 Å². The molecule has 2 N–H and O–H groups in total. The molecule has 0 bridgehead atoms. The molecule has 2 heteroatoms. The zero-order chi connectivity index (χ0) is 13.8. The summed E-state index contributed by atoms with van der Waals surface area (Å²) in [6.45, 7) is 4.09. The van der Waals surface area contributed by atoms with Crippen molar-refractivity contribution >= 4 is 5.78 Å². The van der Waals surface area contributed by atoms with Gasteiger partial charge < -0.3 is 5.73 Å². The van der Waals surface area contributed by atoms with Crippen LogP contribution in [0.25, 0.3) is 0 Å². The second-order valence-electron chi connectivity index (χ2n) is 6.08. The van der Waals surface area contributed by atoms with Crippen LogP contribution in [0, 0.1) is 5.92 Å². The Hall–Kier alpha value is -1.15. The van der Waals surface area contributed by atoms with Crippen LogP contribution < -0.4 is 5.73 Å². The molecule has 1 aliphatic carbocycles. The number of hydrogen-bond acceptors (Lipinski definition) is 2. The SMILES string of the molecule is CC(N)CCCC(C)C(=O)CC1Cc2ccccc21. The maximum Gasteiger partial charge on any atom is 0.136 e. The average Bonchev–Trinajstić information content (AvgIpc) is 2.35. The van der Waals surface area contributed by atoms with Crippen LogP contribution in [0.4, 0.5) is 0 Å². The van der Waals surface area contributed by atoms with Crippen LogP contribution in [0.3, 0.4) is 0 Å². The highest BCUT2D eigenvalue weighted by molar-refractivity contribution is 5.82. The van der Waals surface area contributed by atoms with E-state index in [0.717, 1.165) is 32.1 Å². The predicted molar refractivity (Wildman–Crippen MR) is 79.2 cm³/mol. The van der Waals surface area contributed by atoms with Crippen LogP contribution in [-0.4, -0.2) is 11.8 Å². The minimum absolute atomic E-state index is 0.187. The first kappa shape index (κ1) is 14.3. The van der Waals surface area contributed by atoms with Gasteiger partial charge in [-0.3, -0.25) is 4.79 Å². The zero-order valence-electron chi connectivity index (χ0n) is 12.1. The van der Waals surface area contributed by atoms with Gasteiger partial charge in [0.15, 0.2) is 0 Å². The van der Waals surface area contributed by atoms with Crippen LogP contribution >= 0.6 is 0 Å². The number of fused-ring (bicyclic) bond motifs is 1. The number of Topliss-reactive ketones (excluding diaryl/α,β-unsaturated/α-hetero) is 1. The summed E-state index contributed by atoms with van der Waals surface area (Å²) in [5.74, 6) is 1.08. The van der Waals surface area contributed by atoms with Gasteiger partial charge in [0.05, 0.1) is 0 Å². The minimum atomic E-state index is 0.187. The van der Waals surface area contributed by atoms with Gasteiger partial charge in [-0.1, -0.05) is 37.6 Å². The van der Waals surface area contributed by atoms with E-state index in [4.69, 9.17) is 5.73 Å². The van der Waals surface area contributed by atoms with Gasteiger partial charge in [0.2, 0.25) is 0 Å². The van der Waals surface area contributed by atoms with E-state index in [1.54, 1.807) is 0 Å². The molecule has 1 aromatic carbocycles. The Morgan fingerprint density at radius 3 is 2.74 bits per heavy atom. The van der Waals surface area contributed by atoms with Crippen molar-refractivity contribution in [3.63, 3.8) is 0 Å². The fourth-order valence-corrected chi connectivity index (χ4v) is 2.90. The first-order valence-electron chi connectivity index (χ1n) is 7.44. The van der Waals surface area contributed by atoms with Gasteiger partial charge in [-0.2, -0.15) is 0 Å². The average molecular weight is 259 g/mol. The van der Waals surface area contributed by atoms with Crippen molar-refractivity contribution < 1.29 is 4.79 Å². The predicted octanol–water partition coefficient (Wildman–Crippen LogP) is 3.44. The first-order chi connectivity index (χ1) is 9.08. The number of carbonyl (C=O) groups is 1. The normalized spacial score (nSPS) is 20.3. The Bertz CT molecular complexity index is 439. The van der Waals surface area contributed by atoms with Crippen molar-refractivity contribution in [1.29, 1.82) is 0 Å². The van der Waals surface area contributed by atoms with Gasteiger partial charge in [0.25, 0.3) is 0 Å². The lowest BCUT2D eigenvalue weighted by Crippen LogP contribution is -2.23. The Morgan fingerprint density at radius 2 is 2.05 bits per heavy atom. The van der Waals surface area contributed by atoms with E-state index in [1.165, 1.54) is 11.1 Å². The maximum atomic E-state index is 12.2. The summed E-state index contributed by atoms with van der Waals surface area (Å²) in [7, 11) is 0. The molecule has 0 aromatic heterocycles. The van der Waals surface area contributed by atoms with Crippen LogP contribution in [-0.2, 0) is 11.2 Å². The largest absolute Gasteiger partial charge is 0.328 e. The molecular weight excluding hydrogens is 234 g/mol. The Balaban J connectivity index is 1.76. The lowest BCUT2D eigenvalue weighted by Gasteiger charge is -2.30. The van der Waals surface area contributed by atoms with Crippen LogP contribution in [0.5, 0.6) is 0 Å². The number of ketones is 1. The fourth-order valence-electron chi connectivity index (χ4n) is 2.90. The summed E-state index contributed by atoms with van der Waals surface area (Å²) >= 11 is 0. The molecule has 1 aliphatic rings. The van der Waals surface area contributed by atoms with E-state index >= 15 is 0 Å². The lowest BCUT2D eigenvalue weighted by atomic mass is 9.74. The summed E-state index contributed by atoms with van der Waals surface area (Å²) in [6, 6.07) is 8.73. The van der Waals surface area contributed by atoms with Gasteiger partial charge in [-0.05, 0) is 43.2 Å². The maximum absolute atomic E-state index is 12.2. The molecule has 2 nitrogen and oxygen atoms in total. The molecular formula is C17H25NO. The number of carbonyl (C=O) groups excluding carboxylic acids is 1. The van der Waals surface area contributed by atoms with Gasteiger partial charge >= 0.3 is 0 Å². The summed E-state index contributed by atoms with van der Waals surface area (Å²) in [5.41, 5.74) is 8.54. The highest BCUT2D eigenvalue weighted by atomic mass is 16.1. The molecule has 3 unspecified atom stereocenters. The first-order valence-corrected chi connectivity index (χ1v) is 7.44. The molecule has 1 aromatic rings. The van der Waals surface area contributed by atoms with Crippen LogP contribution in [0.1, 0.15) is 56.6 Å². The molecule has 3 atom stereocenters. The Morgan fingerprint density at radius 1 is 1.32 bits per heavy atom. The number of rotatable bonds is 7. The summed E-state index contributed by atoms with van der Waals surface area (Å²) < 4.78 is 0. The molecule has 2 rings (SSSR count). The summed E-state index contributed by atoms with van der Waals surface area (Å²) in [4.78, 5) is 12.2. The minimum Gasteiger partial charge on any atom is -0.328 e. The third kappa shape index (κ3) is 3.66. The lowest BCUT2D eigenvalue weighted by molar-refractivity contribution is -0.123. The molecule has 0 saturated heterocycles. The van der Waals surface area contributed by atoms with Gasteiger partial charge in [-0.25, -0.2) is 0 Å². The summed E-state index contributed by atoms with van der Waals surface area (Å²) in [5, 5.41) is 0. The van der Waals surface area contributed by atoms with Crippen molar-refractivity contribution in [2.24, 2.45) is 11.7 Å². The highest BCUT2D eigenvalue weighted by Gasteiger charge is 2.28. The standard InChI is InChI=1S/C17H25NO/c1-12(6-5-7-13(2)18)17(19)11-15-10-14-8-3-4-9-16(14)15/h3-4,8-9,12-13,15H,5-7,10-11,18H2,1-2H3. The van der Waals surface area contributed by atoms with Crippen LogP contribution in [0.15, 0.2) is 24.3 Å². The molecule has 0 fully saturated rings. The second kappa shape index (κ2) is 6.33.